The molecular formula is C20H23FN4O. The molecule has 0 bridgehead atoms. The van der Waals surface area contributed by atoms with Crippen molar-refractivity contribution in [1.29, 1.82) is 0 Å². The SMILES string of the molecule is CN(c1cccnn1)[C@@H]1CC[C@@H]2CN(C(=O)Cc3ccccc3F)C[C@@H]21. The number of fused-ring (bicyclic) bond motifs is 1. The van der Waals surface area contributed by atoms with Gasteiger partial charge in [-0.3, -0.25) is 4.79 Å². The molecule has 1 amide bonds. The fraction of sp³-hybridized carbons (Fsp3) is 0.450. The van der Waals surface area contributed by atoms with Crippen LogP contribution in [0.4, 0.5) is 10.2 Å². The Morgan fingerprint density at radius 1 is 1.23 bits per heavy atom. The van der Waals surface area contributed by atoms with E-state index in [4.69, 9.17) is 0 Å². The molecule has 136 valence electrons. The Kier molecular flexibility index (Phi) is 4.57. The number of likely N-dealkylation sites (tertiary alicyclic amines) is 1. The molecular weight excluding hydrogens is 331 g/mol. The number of carbonyl (C=O) groups excluding carboxylic acids is 1. The minimum Gasteiger partial charge on any atom is -0.355 e. The predicted molar refractivity (Wildman–Crippen MR) is 97.1 cm³/mol. The molecule has 1 aliphatic carbocycles. The number of rotatable bonds is 4. The van der Waals surface area contributed by atoms with Crippen LogP contribution in [0.2, 0.25) is 0 Å². The van der Waals surface area contributed by atoms with Crippen molar-refractivity contribution in [3.63, 3.8) is 0 Å². The lowest BCUT2D eigenvalue weighted by atomic mass is 9.97. The van der Waals surface area contributed by atoms with Crippen LogP contribution in [0.1, 0.15) is 18.4 Å². The molecule has 3 atom stereocenters. The molecule has 5 nitrogen and oxygen atoms in total. The zero-order valence-corrected chi connectivity index (χ0v) is 14.9. The summed E-state index contributed by atoms with van der Waals surface area (Å²) < 4.78 is 13.8. The Morgan fingerprint density at radius 3 is 2.85 bits per heavy atom. The van der Waals surface area contributed by atoms with Crippen LogP contribution in [0.3, 0.4) is 0 Å². The van der Waals surface area contributed by atoms with Gasteiger partial charge in [-0.05, 0) is 42.5 Å². The monoisotopic (exact) mass is 354 g/mol. The lowest BCUT2D eigenvalue weighted by molar-refractivity contribution is -0.129. The van der Waals surface area contributed by atoms with Crippen molar-refractivity contribution in [2.75, 3.05) is 25.0 Å². The summed E-state index contributed by atoms with van der Waals surface area (Å²) in [6.07, 6.45) is 4.03. The first-order valence-electron chi connectivity index (χ1n) is 9.15. The van der Waals surface area contributed by atoms with Crippen molar-refractivity contribution in [1.82, 2.24) is 15.1 Å². The molecule has 1 saturated carbocycles. The van der Waals surface area contributed by atoms with Crippen molar-refractivity contribution < 1.29 is 9.18 Å². The first-order valence-corrected chi connectivity index (χ1v) is 9.15. The minimum absolute atomic E-state index is 0.0189. The summed E-state index contributed by atoms with van der Waals surface area (Å²) in [5.41, 5.74) is 0.475. The Hall–Kier alpha value is -2.50. The van der Waals surface area contributed by atoms with Gasteiger partial charge in [0.15, 0.2) is 5.82 Å². The summed E-state index contributed by atoms with van der Waals surface area (Å²) in [6.45, 7) is 1.52. The zero-order valence-electron chi connectivity index (χ0n) is 14.9. The number of carbonyl (C=O) groups is 1. The second-order valence-electron chi connectivity index (χ2n) is 7.33. The molecule has 0 radical (unpaired) electrons. The van der Waals surface area contributed by atoms with Crippen LogP contribution in [0, 0.1) is 17.7 Å². The molecule has 2 aliphatic rings. The molecule has 6 heteroatoms. The number of halogens is 1. The normalized spacial score (nSPS) is 24.5. The van der Waals surface area contributed by atoms with Crippen molar-refractivity contribution in [2.24, 2.45) is 11.8 Å². The Morgan fingerprint density at radius 2 is 2.08 bits per heavy atom. The lowest BCUT2D eigenvalue weighted by Gasteiger charge is -2.30. The third-order valence-corrected chi connectivity index (χ3v) is 5.89. The molecule has 1 aliphatic heterocycles. The maximum atomic E-state index is 13.8. The lowest BCUT2D eigenvalue weighted by Crippen LogP contribution is -2.39. The maximum Gasteiger partial charge on any atom is 0.227 e. The van der Waals surface area contributed by atoms with Crippen LogP contribution in [-0.2, 0) is 11.2 Å². The molecule has 4 rings (SSSR count). The molecule has 0 unspecified atom stereocenters. The summed E-state index contributed by atoms with van der Waals surface area (Å²) in [7, 11) is 2.06. The van der Waals surface area contributed by atoms with E-state index in [-0.39, 0.29) is 18.1 Å². The highest BCUT2D eigenvalue weighted by Gasteiger charge is 2.45. The van der Waals surface area contributed by atoms with Gasteiger partial charge in [0, 0.05) is 38.3 Å². The second kappa shape index (κ2) is 7.02. The molecule has 1 aromatic heterocycles. The highest BCUT2D eigenvalue weighted by molar-refractivity contribution is 5.79. The topological polar surface area (TPSA) is 49.3 Å². The van der Waals surface area contributed by atoms with Gasteiger partial charge in [-0.15, -0.1) is 5.10 Å². The fourth-order valence-electron chi connectivity index (χ4n) is 4.49. The Balaban J connectivity index is 1.43. The van der Waals surface area contributed by atoms with Crippen LogP contribution in [-0.4, -0.2) is 47.2 Å². The number of anilines is 1. The summed E-state index contributed by atoms with van der Waals surface area (Å²) in [6, 6.07) is 10.7. The molecule has 0 spiro atoms. The van der Waals surface area contributed by atoms with Gasteiger partial charge in [0.25, 0.3) is 0 Å². The molecule has 2 fully saturated rings. The summed E-state index contributed by atoms with van der Waals surface area (Å²) in [5.74, 6) is 1.54. The summed E-state index contributed by atoms with van der Waals surface area (Å²) in [4.78, 5) is 16.8. The van der Waals surface area contributed by atoms with Crippen LogP contribution in [0.25, 0.3) is 0 Å². The first-order chi connectivity index (χ1) is 12.6. The van der Waals surface area contributed by atoms with Gasteiger partial charge in [0.1, 0.15) is 5.82 Å². The summed E-state index contributed by atoms with van der Waals surface area (Å²) in [5, 5.41) is 8.18. The summed E-state index contributed by atoms with van der Waals surface area (Å²) >= 11 is 0. The number of hydrogen-bond donors (Lipinski definition) is 0. The second-order valence-corrected chi connectivity index (χ2v) is 7.33. The van der Waals surface area contributed by atoms with E-state index in [0.717, 1.165) is 31.7 Å². The number of amides is 1. The van der Waals surface area contributed by atoms with Crippen molar-refractivity contribution in [3.8, 4) is 0 Å². The largest absolute Gasteiger partial charge is 0.355 e. The Labute approximate surface area is 152 Å². The van der Waals surface area contributed by atoms with Crippen LogP contribution in [0.5, 0.6) is 0 Å². The van der Waals surface area contributed by atoms with E-state index in [9.17, 15) is 9.18 Å². The van der Waals surface area contributed by atoms with E-state index >= 15 is 0 Å². The molecule has 2 aromatic rings. The van der Waals surface area contributed by atoms with Crippen LogP contribution in [0.15, 0.2) is 42.6 Å². The highest BCUT2D eigenvalue weighted by atomic mass is 19.1. The van der Waals surface area contributed by atoms with Gasteiger partial charge in [-0.2, -0.15) is 5.10 Å². The Bertz CT molecular complexity index is 784. The molecule has 2 heterocycles. The fourth-order valence-corrected chi connectivity index (χ4v) is 4.49. The number of aromatic nitrogens is 2. The van der Waals surface area contributed by atoms with Crippen LogP contribution >= 0.6 is 0 Å². The maximum absolute atomic E-state index is 13.8. The number of benzene rings is 1. The van der Waals surface area contributed by atoms with E-state index in [1.54, 1.807) is 24.4 Å². The van der Waals surface area contributed by atoms with Gasteiger partial charge in [-0.25, -0.2) is 4.39 Å². The van der Waals surface area contributed by atoms with E-state index in [0.29, 0.717) is 23.4 Å². The van der Waals surface area contributed by atoms with Crippen molar-refractivity contribution in [2.45, 2.75) is 25.3 Å². The van der Waals surface area contributed by atoms with Gasteiger partial charge in [0.2, 0.25) is 5.91 Å². The zero-order chi connectivity index (χ0) is 18.1. The number of nitrogens with zero attached hydrogens (tertiary/aromatic N) is 4. The standard InChI is InChI=1S/C20H23FN4O/c1-24(19-7-4-10-22-23-19)18-9-8-15-12-25(13-16(15)18)20(26)11-14-5-2-3-6-17(14)21/h2-7,10,15-16,18H,8-9,11-13H2,1H3/t15-,16+,18-/m1/s1. The molecule has 1 aromatic carbocycles. The highest BCUT2D eigenvalue weighted by Crippen LogP contribution is 2.41. The van der Waals surface area contributed by atoms with Crippen molar-refractivity contribution in [3.05, 3.63) is 54.0 Å². The van der Waals surface area contributed by atoms with E-state index in [2.05, 4.69) is 22.1 Å². The molecule has 0 N–H and O–H groups in total. The quantitative estimate of drug-likeness (QED) is 0.847. The van der Waals surface area contributed by atoms with Gasteiger partial charge in [0.05, 0.1) is 6.42 Å². The van der Waals surface area contributed by atoms with E-state index < -0.39 is 0 Å². The average Bonchev–Trinajstić information content (AvgIpc) is 3.24. The third-order valence-electron chi connectivity index (χ3n) is 5.89. The smallest absolute Gasteiger partial charge is 0.227 e. The van der Waals surface area contributed by atoms with Crippen LogP contribution < -0.4 is 4.90 Å². The minimum atomic E-state index is -0.305. The van der Waals surface area contributed by atoms with E-state index in [1.807, 2.05) is 17.0 Å². The third kappa shape index (κ3) is 3.16. The van der Waals surface area contributed by atoms with Gasteiger partial charge >= 0.3 is 0 Å². The van der Waals surface area contributed by atoms with E-state index in [1.165, 1.54) is 6.07 Å². The van der Waals surface area contributed by atoms with Gasteiger partial charge < -0.3 is 9.80 Å². The van der Waals surface area contributed by atoms with Crippen molar-refractivity contribution >= 4 is 11.7 Å². The van der Waals surface area contributed by atoms with Gasteiger partial charge in [-0.1, -0.05) is 18.2 Å². The average molecular weight is 354 g/mol. The molecule has 1 saturated heterocycles. The number of hydrogen-bond acceptors (Lipinski definition) is 4. The predicted octanol–water partition coefficient (Wildman–Crippen LogP) is 2.53. The molecule has 26 heavy (non-hydrogen) atoms. The first kappa shape index (κ1) is 16.9.